The predicted octanol–water partition coefficient (Wildman–Crippen LogP) is -0.716. The van der Waals surface area contributed by atoms with E-state index in [0.717, 1.165) is 62.8 Å². The number of nitrogens with zero attached hydrogens (tertiary/aromatic N) is 4. The van der Waals surface area contributed by atoms with Crippen molar-refractivity contribution < 1.29 is 42.9 Å². The maximum atomic E-state index is 14.3. The molecule has 8 atom stereocenters. The molecule has 0 spiro atoms. The number of aliphatic hydroxyl groups excluding tert-OH is 1. The van der Waals surface area contributed by atoms with Crippen LogP contribution in [-0.2, 0) is 47.6 Å². The summed E-state index contributed by atoms with van der Waals surface area (Å²) in [5.41, 5.74) is 30.3. The van der Waals surface area contributed by atoms with Gasteiger partial charge in [0.2, 0.25) is 29.5 Å². The van der Waals surface area contributed by atoms with Crippen molar-refractivity contribution in [1.29, 1.82) is 0 Å². The van der Waals surface area contributed by atoms with E-state index in [1.807, 2.05) is 24.3 Å². The van der Waals surface area contributed by atoms with Crippen molar-refractivity contribution in [2.45, 2.75) is 108 Å². The van der Waals surface area contributed by atoms with E-state index < -0.39 is 88.5 Å². The molecule has 1 aromatic carbocycles. The van der Waals surface area contributed by atoms with Crippen LogP contribution in [0.4, 0.5) is 5.82 Å². The maximum Gasteiger partial charge on any atom is 0.271 e. The number of anilines is 1. The quantitative estimate of drug-likeness (QED) is 0.0217. The fraction of sp³-hybridized carbons (Fsp3) is 0.528. The topological polar surface area (TPSA) is 450 Å². The summed E-state index contributed by atoms with van der Waals surface area (Å²) < 4.78 is 12.6. The Morgan fingerprint density at radius 2 is 1.54 bits per heavy atom. The zero-order chi connectivity index (χ0) is 61.5. The van der Waals surface area contributed by atoms with Crippen molar-refractivity contribution in [2.75, 3.05) is 70.1 Å². The Balaban J connectivity index is 1.18. The van der Waals surface area contributed by atoms with Crippen molar-refractivity contribution in [3.05, 3.63) is 73.5 Å². The van der Waals surface area contributed by atoms with Crippen molar-refractivity contribution in [2.24, 2.45) is 28.9 Å². The van der Waals surface area contributed by atoms with E-state index in [1.54, 1.807) is 11.6 Å². The average Bonchev–Trinajstić information content (AvgIpc) is 3.84. The lowest BCUT2D eigenvalue weighted by Gasteiger charge is -2.28. The number of carbonyl (C=O) groups excluding carboxylic acids is 7. The SMILES string of the molecule is Cc1c(N)nc([C@H](CC(N)=O)NC[C@H](N)C(N)=O)nc1C(=O)N[C@@H](Cc1c[nH]c2ccccc12)C(=O)N[C@H](C)[C@@H](O)[C@H](C)C(=O)N[C@@H](CCS(C)=O)C(=O)NCCc1nc(-c2nc(C(=O)NCCCNCCCCNCCCN)cs2)c(Cl)s1. The van der Waals surface area contributed by atoms with Crippen molar-refractivity contribution in [3.63, 3.8) is 0 Å². The first-order valence-electron chi connectivity index (χ1n) is 27.5. The minimum absolute atomic E-state index is 0.00552. The molecule has 84 heavy (non-hydrogen) atoms. The van der Waals surface area contributed by atoms with Gasteiger partial charge in [0.15, 0.2) is 0 Å². The van der Waals surface area contributed by atoms with Crippen LogP contribution in [0.2, 0.25) is 4.34 Å². The van der Waals surface area contributed by atoms with E-state index in [0.29, 0.717) is 38.7 Å². The number of hydrogen-bond acceptors (Lipinski definition) is 21. The standard InChI is InChI=1S/C53H79ClN18O9S3/c1-28-41(71-47(72-45(28)58)36(24-39(57)73)65-26-33(56)46(59)75)52(80)68-37(23-31-25-64-34-12-6-5-11-32(31)34)51(79)66-30(3)43(74)29(2)48(76)67-35(14-22-84(4)81)49(77)63-21-13-40-70-42(44(54)83-40)53-69-38(27-82-53)50(78)62-20-10-19-61-17-8-7-16-60-18-9-15-55/h5-6,11-12,25,27,29-30,33,35-37,43,60-61,64-65,74H,7-10,13-24,26,55-56H2,1-4H3,(H2,57,73)(H2,59,75)(H,62,78)(H,63,77)(H,66,79)(H,67,76)(H,68,80)(H2,58,71,72)/t29-,30+,33-,35-,36-,37-,43-,84?/m0/s1. The number of unbranched alkanes of at least 4 members (excludes halogenated alkanes) is 1. The number of halogens is 1. The number of hydrogen-bond donors (Lipinski definition) is 15. The Morgan fingerprint density at radius 1 is 0.833 bits per heavy atom. The summed E-state index contributed by atoms with van der Waals surface area (Å²) in [6, 6.07) is 1.48. The molecule has 0 bridgehead atoms. The van der Waals surface area contributed by atoms with Gasteiger partial charge in [0, 0.05) is 89.7 Å². The summed E-state index contributed by atoms with van der Waals surface area (Å²) in [6.45, 7) is 8.96. The number of nitrogens with one attached hydrogen (secondary N) is 9. The van der Waals surface area contributed by atoms with E-state index >= 15 is 0 Å². The van der Waals surface area contributed by atoms with Gasteiger partial charge < -0.3 is 81.3 Å². The molecule has 0 saturated heterocycles. The lowest BCUT2D eigenvalue weighted by molar-refractivity contribution is -0.134. The number of aromatic amines is 1. The number of nitrogens with two attached hydrogens (primary N) is 5. The minimum atomic E-state index is -1.54. The molecule has 0 aliphatic rings. The highest BCUT2D eigenvalue weighted by molar-refractivity contribution is 7.84. The third kappa shape index (κ3) is 21.2. The zero-order valence-corrected chi connectivity index (χ0v) is 50.7. The first kappa shape index (κ1) is 68.2. The number of fused-ring (bicyclic) bond motifs is 1. The molecule has 0 radical (unpaired) electrons. The Labute approximate surface area is 502 Å². The van der Waals surface area contributed by atoms with Gasteiger partial charge in [-0.2, -0.15) is 0 Å². The molecule has 0 aliphatic heterocycles. The first-order valence-corrected chi connectivity index (χ1v) is 31.3. The van der Waals surface area contributed by atoms with Crippen LogP contribution >= 0.6 is 34.3 Å². The fourth-order valence-corrected chi connectivity index (χ4v) is 11.2. The maximum absolute atomic E-state index is 14.3. The normalized spacial score (nSPS) is 14.3. The van der Waals surface area contributed by atoms with Crippen LogP contribution in [-0.4, -0.2) is 170 Å². The molecule has 0 aliphatic carbocycles. The van der Waals surface area contributed by atoms with Gasteiger partial charge in [-0.3, -0.25) is 37.8 Å². The molecule has 0 fully saturated rings. The Morgan fingerprint density at radius 3 is 2.23 bits per heavy atom. The smallest absolute Gasteiger partial charge is 0.271 e. The van der Waals surface area contributed by atoms with Gasteiger partial charge in [-0.1, -0.05) is 36.7 Å². The summed E-state index contributed by atoms with van der Waals surface area (Å²) in [6.07, 6.45) is 5.25. The molecule has 20 N–H and O–H groups in total. The van der Waals surface area contributed by atoms with Gasteiger partial charge in [0.05, 0.1) is 35.2 Å². The van der Waals surface area contributed by atoms with E-state index in [1.165, 1.54) is 49.7 Å². The molecule has 5 aromatic rings. The number of amides is 7. The molecule has 5 rings (SSSR count). The number of aromatic nitrogens is 5. The van der Waals surface area contributed by atoms with E-state index in [9.17, 15) is 42.9 Å². The van der Waals surface area contributed by atoms with Crippen LogP contribution in [0.1, 0.15) is 101 Å². The molecule has 27 nitrogen and oxygen atoms in total. The highest BCUT2D eigenvalue weighted by atomic mass is 35.5. The number of benzene rings is 1. The van der Waals surface area contributed by atoms with Gasteiger partial charge in [-0.05, 0) is 90.3 Å². The van der Waals surface area contributed by atoms with Crippen LogP contribution in [0.3, 0.4) is 0 Å². The molecular formula is C53H79ClN18O9S3. The van der Waals surface area contributed by atoms with Crippen LogP contribution in [0.5, 0.6) is 0 Å². The van der Waals surface area contributed by atoms with Gasteiger partial charge >= 0.3 is 0 Å². The fourth-order valence-electron chi connectivity index (χ4n) is 8.53. The van der Waals surface area contributed by atoms with Crippen LogP contribution in [0.15, 0.2) is 35.8 Å². The lowest BCUT2D eigenvalue weighted by atomic mass is 9.96. The molecule has 31 heteroatoms. The van der Waals surface area contributed by atoms with Crippen LogP contribution < -0.4 is 71.2 Å². The monoisotopic (exact) mass is 1240 g/mol. The predicted molar refractivity (Wildman–Crippen MR) is 325 cm³/mol. The Kier molecular flexibility index (Phi) is 27.9. The number of carbonyl (C=O) groups is 7. The Bertz CT molecular complexity index is 3050. The largest absolute Gasteiger partial charge is 0.390 e. The molecular weight excluding hydrogens is 1160 g/mol. The van der Waals surface area contributed by atoms with Gasteiger partial charge in [0.1, 0.15) is 50.2 Å². The van der Waals surface area contributed by atoms with Crippen LogP contribution in [0, 0.1) is 12.8 Å². The summed E-state index contributed by atoms with van der Waals surface area (Å²) in [5.74, 6) is -6.26. The molecule has 4 aromatic heterocycles. The van der Waals surface area contributed by atoms with Gasteiger partial charge in [-0.25, -0.2) is 19.9 Å². The highest BCUT2D eigenvalue weighted by Crippen LogP contribution is 2.34. The number of nitrogen functional groups attached to an aromatic ring is 1. The summed E-state index contributed by atoms with van der Waals surface area (Å²) in [4.78, 5) is 114. The zero-order valence-electron chi connectivity index (χ0n) is 47.5. The third-order valence-electron chi connectivity index (χ3n) is 13.5. The highest BCUT2D eigenvalue weighted by Gasteiger charge is 2.34. The van der Waals surface area contributed by atoms with Gasteiger partial charge in [0.25, 0.3) is 11.8 Å². The van der Waals surface area contributed by atoms with Crippen molar-refractivity contribution >= 4 is 103 Å². The number of para-hydroxylation sites is 1. The van der Waals surface area contributed by atoms with Gasteiger partial charge in [-0.15, -0.1) is 22.7 Å². The van der Waals surface area contributed by atoms with Crippen molar-refractivity contribution in [1.82, 2.24) is 67.5 Å². The molecule has 0 saturated carbocycles. The molecule has 7 amide bonds. The van der Waals surface area contributed by atoms with E-state index in [-0.39, 0.29) is 79.0 Å². The summed E-state index contributed by atoms with van der Waals surface area (Å²) in [5, 5.41) is 38.5. The summed E-state index contributed by atoms with van der Waals surface area (Å²) >= 11 is 9.02. The second kappa shape index (κ2) is 34.4. The third-order valence-corrected chi connectivity index (χ3v) is 16.5. The van der Waals surface area contributed by atoms with Crippen molar-refractivity contribution in [3.8, 4) is 10.7 Å². The number of aliphatic hydroxyl groups is 1. The molecule has 460 valence electrons. The van der Waals surface area contributed by atoms with E-state index in [2.05, 4.69) is 67.5 Å². The first-order chi connectivity index (χ1) is 40.1. The number of primary amides is 2. The van der Waals surface area contributed by atoms with Crippen LogP contribution in [0.25, 0.3) is 21.6 Å². The minimum Gasteiger partial charge on any atom is -0.390 e. The second-order valence-corrected chi connectivity index (χ2v) is 24.2. The van der Waals surface area contributed by atoms with E-state index in [4.69, 9.17) is 40.3 Å². The summed E-state index contributed by atoms with van der Waals surface area (Å²) in [7, 11) is -1.34. The Hall–Kier alpha value is -6.61. The number of thiazole rings is 2. The molecule has 4 heterocycles. The average molecular weight is 1240 g/mol. The second-order valence-electron chi connectivity index (χ2n) is 20.1. The number of rotatable bonds is 38. The molecule has 1 unspecified atom stereocenters. The number of H-pyrrole nitrogens is 1. The lowest BCUT2D eigenvalue weighted by Crippen LogP contribution is -2.56.